The van der Waals surface area contributed by atoms with Gasteiger partial charge in [-0.3, -0.25) is 0 Å². The van der Waals surface area contributed by atoms with Crippen LogP contribution in [0.25, 0.3) is 0 Å². The molecule has 0 bridgehead atoms. The van der Waals surface area contributed by atoms with Gasteiger partial charge in [0.05, 0.1) is 0 Å². The minimum Gasteiger partial charge on any atom is -0.390 e. The zero-order chi connectivity index (χ0) is 7.11. The average molecular weight is 126 g/mol. The summed E-state index contributed by atoms with van der Waals surface area (Å²) in [5.41, 5.74) is 6.27. The predicted molar refractivity (Wildman–Crippen MR) is 41.0 cm³/mol. The molecule has 0 spiro atoms. The molecule has 0 aliphatic carbocycles. The van der Waals surface area contributed by atoms with E-state index in [9.17, 15) is 0 Å². The Morgan fingerprint density at radius 3 is 2.89 bits per heavy atom. The van der Waals surface area contributed by atoms with Gasteiger partial charge in [-0.25, -0.2) is 0 Å². The number of hydrogen-bond donors (Lipinski definition) is 2. The Labute approximate surface area is 56.4 Å². The molecule has 0 amide bonds. The van der Waals surface area contributed by atoms with E-state index in [0.717, 1.165) is 12.1 Å². The fraction of sp³-hybridized carbons (Fsp3) is 0.429. The van der Waals surface area contributed by atoms with Crippen molar-refractivity contribution in [3.8, 4) is 0 Å². The van der Waals surface area contributed by atoms with E-state index < -0.39 is 0 Å². The number of nitrogens with one attached hydrogen (secondary N) is 1. The van der Waals surface area contributed by atoms with Gasteiger partial charge in [0.1, 0.15) is 0 Å². The lowest BCUT2D eigenvalue weighted by Crippen LogP contribution is -2.16. The van der Waals surface area contributed by atoms with Crippen molar-refractivity contribution >= 4 is 0 Å². The van der Waals surface area contributed by atoms with Crippen LogP contribution in [0.1, 0.15) is 6.92 Å². The molecular formula is C7H14N2. The van der Waals surface area contributed by atoms with Crippen molar-refractivity contribution in [3.05, 3.63) is 24.4 Å². The Hall–Kier alpha value is -0.760. The summed E-state index contributed by atoms with van der Waals surface area (Å²) in [6.07, 6.45) is 3.77. The molecule has 3 N–H and O–H groups in total. The van der Waals surface area contributed by atoms with Crippen LogP contribution < -0.4 is 11.1 Å². The zero-order valence-corrected chi connectivity index (χ0v) is 5.85. The number of hydrogen-bond acceptors (Lipinski definition) is 2. The first-order valence-corrected chi connectivity index (χ1v) is 3.03. The minimum absolute atomic E-state index is 0.667. The molecule has 0 aromatic carbocycles. The van der Waals surface area contributed by atoms with Crippen LogP contribution in [-0.2, 0) is 0 Å². The summed E-state index contributed by atoms with van der Waals surface area (Å²) in [6.45, 7) is 7.13. The summed E-state index contributed by atoms with van der Waals surface area (Å²) in [5, 5.41) is 3.00. The van der Waals surface area contributed by atoms with Gasteiger partial charge in [-0.05, 0) is 19.2 Å². The third-order valence-corrected chi connectivity index (χ3v) is 0.774. The van der Waals surface area contributed by atoms with Crippen molar-refractivity contribution in [2.24, 2.45) is 5.73 Å². The van der Waals surface area contributed by atoms with Crippen LogP contribution in [0.15, 0.2) is 24.4 Å². The van der Waals surface area contributed by atoms with E-state index in [1.807, 2.05) is 19.2 Å². The van der Waals surface area contributed by atoms with Crippen LogP contribution in [0.4, 0.5) is 0 Å². The van der Waals surface area contributed by atoms with E-state index in [2.05, 4.69) is 11.9 Å². The van der Waals surface area contributed by atoms with Crippen LogP contribution in [0.3, 0.4) is 0 Å². The molecule has 2 nitrogen and oxygen atoms in total. The molecule has 0 fully saturated rings. The van der Waals surface area contributed by atoms with Crippen molar-refractivity contribution in [1.82, 2.24) is 5.32 Å². The monoisotopic (exact) mass is 126 g/mol. The zero-order valence-electron chi connectivity index (χ0n) is 5.85. The van der Waals surface area contributed by atoms with Gasteiger partial charge in [0.25, 0.3) is 0 Å². The maximum absolute atomic E-state index is 5.23. The second-order valence-electron chi connectivity index (χ2n) is 1.92. The molecule has 0 atom stereocenters. The third kappa shape index (κ3) is 7.24. The van der Waals surface area contributed by atoms with Gasteiger partial charge in [-0.2, -0.15) is 0 Å². The highest BCUT2D eigenvalue weighted by molar-refractivity contribution is 5.09. The highest BCUT2D eigenvalue weighted by Crippen LogP contribution is 1.84. The normalized spacial score (nSPS) is 10.0. The van der Waals surface area contributed by atoms with Crippen molar-refractivity contribution < 1.29 is 0 Å². The van der Waals surface area contributed by atoms with Crippen LogP contribution in [0.5, 0.6) is 0 Å². The van der Waals surface area contributed by atoms with E-state index in [4.69, 9.17) is 5.73 Å². The quantitative estimate of drug-likeness (QED) is 0.428. The van der Waals surface area contributed by atoms with Gasteiger partial charge >= 0.3 is 0 Å². The molecule has 0 heterocycles. The van der Waals surface area contributed by atoms with Gasteiger partial charge < -0.3 is 11.1 Å². The minimum atomic E-state index is 0.667. The first-order valence-electron chi connectivity index (χ1n) is 3.03. The number of allylic oxidation sites excluding steroid dienone is 2. The van der Waals surface area contributed by atoms with Crippen molar-refractivity contribution in [1.29, 1.82) is 0 Å². The lowest BCUT2D eigenvalue weighted by Gasteiger charge is -1.93. The van der Waals surface area contributed by atoms with Gasteiger partial charge in [0.2, 0.25) is 0 Å². The van der Waals surface area contributed by atoms with Gasteiger partial charge in [0, 0.05) is 13.1 Å². The maximum atomic E-state index is 5.23. The molecule has 0 aliphatic rings. The maximum Gasteiger partial charge on any atom is 0.0264 e. The molecule has 52 valence electrons. The molecule has 0 radical (unpaired) electrons. The summed E-state index contributed by atoms with van der Waals surface area (Å²) in [4.78, 5) is 0. The lowest BCUT2D eigenvalue weighted by atomic mass is 10.3. The summed E-state index contributed by atoms with van der Waals surface area (Å²) in [5.74, 6) is 0. The molecule has 0 unspecified atom stereocenters. The first-order chi connectivity index (χ1) is 4.27. The summed E-state index contributed by atoms with van der Waals surface area (Å²) < 4.78 is 0. The fourth-order valence-corrected chi connectivity index (χ4v) is 0.368. The van der Waals surface area contributed by atoms with E-state index in [-0.39, 0.29) is 0 Å². The predicted octanol–water partition coefficient (Wildman–Crippen LogP) is 0.625. The number of rotatable bonds is 4. The van der Waals surface area contributed by atoms with E-state index in [0.29, 0.717) is 6.54 Å². The highest BCUT2D eigenvalue weighted by Gasteiger charge is 1.73. The fourth-order valence-electron chi connectivity index (χ4n) is 0.368. The van der Waals surface area contributed by atoms with E-state index in [1.54, 1.807) is 0 Å². The molecule has 0 aliphatic heterocycles. The summed E-state index contributed by atoms with van der Waals surface area (Å²) in [7, 11) is 0. The van der Waals surface area contributed by atoms with E-state index >= 15 is 0 Å². The average Bonchev–Trinajstić information content (AvgIpc) is 1.80. The summed E-state index contributed by atoms with van der Waals surface area (Å²) in [6, 6.07) is 0. The van der Waals surface area contributed by atoms with Crippen LogP contribution in [-0.4, -0.2) is 13.1 Å². The van der Waals surface area contributed by atoms with Gasteiger partial charge in [0.15, 0.2) is 0 Å². The number of nitrogens with two attached hydrogens (primary N) is 1. The third-order valence-electron chi connectivity index (χ3n) is 0.774. The molecule has 2 heteroatoms. The second-order valence-corrected chi connectivity index (χ2v) is 1.92. The standard InChI is InChI=1S/C7H14N2/c1-7(2)3-5-9-6-4-8/h3,5,9H,1,4,6,8H2,2H3/b5-3-. The molecular weight excluding hydrogens is 112 g/mol. The van der Waals surface area contributed by atoms with Crippen LogP contribution in [0.2, 0.25) is 0 Å². The Morgan fingerprint density at radius 1 is 1.78 bits per heavy atom. The van der Waals surface area contributed by atoms with Gasteiger partial charge in [-0.15, -0.1) is 0 Å². The van der Waals surface area contributed by atoms with Crippen LogP contribution >= 0.6 is 0 Å². The second kappa shape index (κ2) is 5.38. The van der Waals surface area contributed by atoms with E-state index in [1.165, 1.54) is 0 Å². The Morgan fingerprint density at radius 2 is 2.44 bits per heavy atom. The summed E-state index contributed by atoms with van der Waals surface area (Å²) >= 11 is 0. The molecule has 0 aromatic rings. The first kappa shape index (κ1) is 8.24. The molecule has 0 rings (SSSR count). The lowest BCUT2D eigenvalue weighted by molar-refractivity contribution is 0.842. The molecule has 0 saturated heterocycles. The molecule has 0 aromatic heterocycles. The largest absolute Gasteiger partial charge is 0.390 e. The SMILES string of the molecule is C=C(C)/C=C\NCCN. The van der Waals surface area contributed by atoms with Crippen molar-refractivity contribution in [2.75, 3.05) is 13.1 Å². The highest BCUT2D eigenvalue weighted by atomic mass is 14.8. The molecule has 0 saturated carbocycles. The van der Waals surface area contributed by atoms with Crippen molar-refractivity contribution in [3.63, 3.8) is 0 Å². The van der Waals surface area contributed by atoms with Crippen LogP contribution in [0, 0.1) is 0 Å². The topological polar surface area (TPSA) is 38.0 Å². The Balaban J connectivity index is 3.15. The smallest absolute Gasteiger partial charge is 0.0264 e. The Kier molecular flexibility index (Phi) is 4.92. The van der Waals surface area contributed by atoms with Crippen molar-refractivity contribution in [2.45, 2.75) is 6.92 Å². The molecule has 9 heavy (non-hydrogen) atoms. The van der Waals surface area contributed by atoms with Gasteiger partial charge in [-0.1, -0.05) is 12.2 Å². The Bertz CT molecular complexity index is 105.